The van der Waals surface area contributed by atoms with E-state index in [0.717, 1.165) is 24.7 Å². The normalized spacial score (nSPS) is 24.7. The Morgan fingerprint density at radius 3 is 2.62 bits per heavy atom. The molecule has 0 radical (unpaired) electrons. The number of aromatic nitrogens is 2. The first-order valence-electron chi connectivity index (χ1n) is 8.34. The molecule has 0 aliphatic heterocycles. The number of nitrogens with one attached hydrogen (secondary N) is 1. The van der Waals surface area contributed by atoms with Gasteiger partial charge in [-0.15, -0.1) is 0 Å². The second-order valence-electron chi connectivity index (χ2n) is 8.79. The molecular formula is C18H29N3. The van der Waals surface area contributed by atoms with E-state index in [-0.39, 0.29) is 5.41 Å². The molecule has 0 aromatic carbocycles. The first-order chi connectivity index (χ1) is 9.74. The fraction of sp³-hybridized carbons (Fsp3) is 0.778. The molecule has 3 rings (SSSR count). The molecule has 1 aromatic rings. The fourth-order valence-electron chi connectivity index (χ4n) is 3.22. The zero-order valence-corrected chi connectivity index (χ0v) is 14.2. The van der Waals surface area contributed by atoms with Crippen molar-refractivity contribution < 1.29 is 0 Å². The minimum absolute atomic E-state index is 0.0214. The van der Waals surface area contributed by atoms with Crippen LogP contribution in [0.15, 0.2) is 6.20 Å². The summed E-state index contributed by atoms with van der Waals surface area (Å²) in [5.74, 6) is 1.88. The van der Waals surface area contributed by atoms with Gasteiger partial charge in [0.25, 0.3) is 0 Å². The molecule has 3 nitrogen and oxygen atoms in total. The largest absolute Gasteiger partial charge is 0.310 e. The van der Waals surface area contributed by atoms with E-state index in [0.29, 0.717) is 11.5 Å². The monoisotopic (exact) mass is 287 g/mol. The van der Waals surface area contributed by atoms with Gasteiger partial charge in [0.15, 0.2) is 0 Å². The summed E-state index contributed by atoms with van der Waals surface area (Å²) in [6.07, 6.45) is 7.13. The van der Waals surface area contributed by atoms with Gasteiger partial charge >= 0.3 is 0 Å². The lowest BCUT2D eigenvalue weighted by Crippen LogP contribution is -2.35. The Bertz CT molecular complexity index is 524. The Hall–Kier alpha value is -0.960. The second kappa shape index (κ2) is 5.05. The number of fused-ring (bicyclic) bond motifs is 1. The van der Waals surface area contributed by atoms with Crippen LogP contribution in [0.4, 0.5) is 0 Å². The van der Waals surface area contributed by atoms with E-state index >= 15 is 0 Å². The smallest absolute Gasteiger partial charge is 0.133 e. The van der Waals surface area contributed by atoms with Gasteiger partial charge in [-0.05, 0) is 43.6 Å². The van der Waals surface area contributed by atoms with Crippen molar-refractivity contribution in [3.63, 3.8) is 0 Å². The molecule has 0 saturated heterocycles. The van der Waals surface area contributed by atoms with Crippen molar-refractivity contribution in [2.75, 3.05) is 6.54 Å². The maximum Gasteiger partial charge on any atom is 0.133 e. The summed E-state index contributed by atoms with van der Waals surface area (Å²) < 4.78 is 0. The Balaban J connectivity index is 1.88. The van der Waals surface area contributed by atoms with Gasteiger partial charge in [0.1, 0.15) is 5.82 Å². The molecule has 1 aromatic heterocycles. The fourth-order valence-corrected chi connectivity index (χ4v) is 3.22. The number of hydrogen-bond acceptors (Lipinski definition) is 3. The van der Waals surface area contributed by atoms with Crippen LogP contribution in [0.2, 0.25) is 0 Å². The summed E-state index contributed by atoms with van der Waals surface area (Å²) >= 11 is 0. The van der Waals surface area contributed by atoms with Gasteiger partial charge < -0.3 is 5.32 Å². The van der Waals surface area contributed by atoms with E-state index in [9.17, 15) is 0 Å². The third-order valence-corrected chi connectivity index (χ3v) is 4.70. The van der Waals surface area contributed by atoms with E-state index in [1.54, 1.807) is 0 Å². The van der Waals surface area contributed by atoms with Crippen molar-refractivity contribution in [3.8, 4) is 0 Å². The van der Waals surface area contributed by atoms with Crippen molar-refractivity contribution in [1.29, 1.82) is 0 Å². The summed E-state index contributed by atoms with van der Waals surface area (Å²) in [6, 6.07) is 0.429. The third kappa shape index (κ3) is 3.45. The van der Waals surface area contributed by atoms with Gasteiger partial charge in [0.05, 0.1) is 0 Å². The maximum atomic E-state index is 4.92. The third-order valence-electron chi connectivity index (χ3n) is 4.70. The predicted molar refractivity (Wildman–Crippen MR) is 86.3 cm³/mol. The lowest BCUT2D eigenvalue weighted by atomic mass is 9.74. The summed E-state index contributed by atoms with van der Waals surface area (Å²) in [4.78, 5) is 9.57. The summed E-state index contributed by atoms with van der Waals surface area (Å²) in [5.41, 5.74) is 2.94. The van der Waals surface area contributed by atoms with E-state index in [1.807, 2.05) is 0 Å². The Kier molecular flexibility index (Phi) is 3.59. The quantitative estimate of drug-likeness (QED) is 0.919. The Morgan fingerprint density at radius 2 is 2.00 bits per heavy atom. The highest BCUT2D eigenvalue weighted by atomic mass is 15.0. The highest BCUT2D eigenvalue weighted by molar-refractivity contribution is 5.28. The van der Waals surface area contributed by atoms with Crippen molar-refractivity contribution in [2.24, 2.45) is 11.3 Å². The van der Waals surface area contributed by atoms with Crippen LogP contribution in [-0.4, -0.2) is 16.5 Å². The zero-order valence-electron chi connectivity index (χ0n) is 14.2. The topological polar surface area (TPSA) is 37.8 Å². The SMILES string of the molecule is CC1(C)Cc2nc(C(C)(C)C)ncc2C(NCC2CC2)C1. The minimum atomic E-state index is 0.0214. The minimum Gasteiger partial charge on any atom is -0.310 e. The average Bonchev–Trinajstić information content (AvgIpc) is 3.16. The van der Waals surface area contributed by atoms with Gasteiger partial charge in [0, 0.05) is 28.9 Å². The molecule has 1 heterocycles. The van der Waals surface area contributed by atoms with E-state index in [2.05, 4.69) is 51.1 Å². The molecule has 2 aliphatic carbocycles. The molecule has 1 saturated carbocycles. The van der Waals surface area contributed by atoms with Crippen LogP contribution in [0.3, 0.4) is 0 Å². The lowest BCUT2D eigenvalue weighted by Gasteiger charge is -2.37. The van der Waals surface area contributed by atoms with Crippen LogP contribution in [0.1, 0.15) is 77.0 Å². The molecule has 0 spiro atoms. The van der Waals surface area contributed by atoms with Crippen LogP contribution < -0.4 is 5.32 Å². The first-order valence-corrected chi connectivity index (χ1v) is 8.34. The highest BCUT2D eigenvalue weighted by Crippen LogP contribution is 2.41. The molecule has 1 fully saturated rings. The molecule has 21 heavy (non-hydrogen) atoms. The van der Waals surface area contributed by atoms with Crippen LogP contribution in [-0.2, 0) is 11.8 Å². The van der Waals surface area contributed by atoms with E-state index in [4.69, 9.17) is 4.98 Å². The number of nitrogens with zero attached hydrogens (tertiary/aromatic N) is 2. The molecule has 0 amide bonds. The lowest BCUT2D eigenvalue weighted by molar-refractivity contribution is 0.251. The Morgan fingerprint density at radius 1 is 1.29 bits per heavy atom. The summed E-state index contributed by atoms with van der Waals surface area (Å²) in [7, 11) is 0. The van der Waals surface area contributed by atoms with Crippen molar-refractivity contribution in [2.45, 2.75) is 71.8 Å². The summed E-state index contributed by atoms with van der Waals surface area (Å²) in [6.45, 7) is 12.4. The molecule has 2 aliphatic rings. The highest BCUT2D eigenvalue weighted by Gasteiger charge is 2.35. The number of hydrogen-bond donors (Lipinski definition) is 1. The van der Waals surface area contributed by atoms with Gasteiger partial charge in [-0.2, -0.15) is 0 Å². The second-order valence-corrected chi connectivity index (χ2v) is 8.79. The van der Waals surface area contributed by atoms with Crippen LogP contribution >= 0.6 is 0 Å². The van der Waals surface area contributed by atoms with Crippen molar-refractivity contribution >= 4 is 0 Å². The van der Waals surface area contributed by atoms with Gasteiger partial charge in [-0.25, -0.2) is 9.97 Å². The van der Waals surface area contributed by atoms with E-state index in [1.165, 1.54) is 30.5 Å². The van der Waals surface area contributed by atoms with Crippen LogP contribution in [0, 0.1) is 11.3 Å². The molecule has 1 N–H and O–H groups in total. The molecule has 116 valence electrons. The van der Waals surface area contributed by atoms with E-state index < -0.39 is 0 Å². The number of rotatable bonds is 3. The molecule has 1 unspecified atom stereocenters. The standard InChI is InChI=1S/C18H29N3/c1-17(2,3)16-20-11-13-14(19-10-12-6-7-12)8-18(4,5)9-15(13)21-16/h11-12,14,19H,6-10H2,1-5H3. The maximum absolute atomic E-state index is 4.92. The first kappa shape index (κ1) is 15.0. The average molecular weight is 287 g/mol. The molecule has 3 heteroatoms. The van der Waals surface area contributed by atoms with Crippen LogP contribution in [0.25, 0.3) is 0 Å². The zero-order chi connectivity index (χ0) is 15.3. The van der Waals surface area contributed by atoms with Crippen molar-refractivity contribution in [1.82, 2.24) is 15.3 Å². The van der Waals surface area contributed by atoms with Gasteiger partial charge in [-0.3, -0.25) is 0 Å². The van der Waals surface area contributed by atoms with Crippen molar-refractivity contribution in [3.05, 3.63) is 23.3 Å². The van der Waals surface area contributed by atoms with Gasteiger partial charge in [0.2, 0.25) is 0 Å². The Labute approximate surface area is 129 Å². The van der Waals surface area contributed by atoms with Gasteiger partial charge in [-0.1, -0.05) is 34.6 Å². The molecule has 0 bridgehead atoms. The summed E-state index contributed by atoms with van der Waals surface area (Å²) in [5, 5.41) is 3.77. The molecule has 1 atom stereocenters. The molecular weight excluding hydrogens is 258 g/mol. The predicted octanol–water partition coefficient (Wildman–Crippen LogP) is 3.79. The van der Waals surface area contributed by atoms with Crippen LogP contribution in [0.5, 0.6) is 0 Å².